The maximum absolute atomic E-state index is 6.18. The Bertz CT molecular complexity index is 873. The molecule has 0 spiro atoms. The highest BCUT2D eigenvalue weighted by molar-refractivity contribution is 6.31. The summed E-state index contributed by atoms with van der Waals surface area (Å²) in [7, 11) is 4.13. The van der Waals surface area contributed by atoms with Crippen molar-refractivity contribution in [3.05, 3.63) is 70.9 Å². The van der Waals surface area contributed by atoms with Crippen LogP contribution in [0.1, 0.15) is 11.3 Å². The maximum atomic E-state index is 6.18. The van der Waals surface area contributed by atoms with Gasteiger partial charge in [-0.2, -0.15) is 0 Å². The SMILES string of the molecule is CN(C)CCNc1cc(/C=C/c2ccccc2)nc2ccc(Cl)cc12. The van der Waals surface area contributed by atoms with Gasteiger partial charge in [0, 0.05) is 29.2 Å². The fourth-order valence-corrected chi connectivity index (χ4v) is 2.78. The van der Waals surface area contributed by atoms with Gasteiger partial charge in [-0.15, -0.1) is 0 Å². The summed E-state index contributed by atoms with van der Waals surface area (Å²) in [6, 6.07) is 18.1. The van der Waals surface area contributed by atoms with Gasteiger partial charge in [0.1, 0.15) is 0 Å². The quantitative estimate of drug-likeness (QED) is 0.675. The van der Waals surface area contributed by atoms with Crippen LogP contribution >= 0.6 is 11.6 Å². The molecule has 3 nitrogen and oxygen atoms in total. The summed E-state index contributed by atoms with van der Waals surface area (Å²) in [5, 5.41) is 5.28. The van der Waals surface area contributed by atoms with Crippen LogP contribution in [0, 0.1) is 0 Å². The number of halogens is 1. The van der Waals surface area contributed by atoms with Gasteiger partial charge in [0.05, 0.1) is 11.2 Å². The Balaban J connectivity index is 1.93. The molecule has 1 heterocycles. The predicted molar refractivity (Wildman–Crippen MR) is 109 cm³/mol. The molecule has 0 aliphatic rings. The lowest BCUT2D eigenvalue weighted by molar-refractivity contribution is 0.425. The number of aromatic nitrogens is 1. The molecule has 128 valence electrons. The lowest BCUT2D eigenvalue weighted by atomic mass is 10.1. The zero-order chi connectivity index (χ0) is 17.6. The van der Waals surface area contributed by atoms with E-state index < -0.39 is 0 Å². The second-order valence-corrected chi connectivity index (χ2v) is 6.67. The monoisotopic (exact) mass is 351 g/mol. The van der Waals surface area contributed by atoms with Crippen LogP contribution in [-0.4, -0.2) is 37.1 Å². The standard InChI is InChI=1S/C21H22ClN3/c1-25(2)13-12-23-21-15-18(10-8-16-6-4-3-5-7-16)24-20-11-9-17(22)14-19(20)21/h3-11,14-15H,12-13H2,1-2H3,(H,23,24)/b10-8+. The van der Waals surface area contributed by atoms with Gasteiger partial charge < -0.3 is 10.2 Å². The molecule has 0 aliphatic carbocycles. The fraction of sp³-hybridized carbons (Fsp3) is 0.190. The van der Waals surface area contributed by atoms with Crippen molar-refractivity contribution >= 4 is 40.3 Å². The van der Waals surface area contributed by atoms with E-state index in [0.717, 1.165) is 46.0 Å². The zero-order valence-electron chi connectivity index (χ0n) is 14.5. The first-order valence-electron chi connectivity index (χ1n) is 8.34. The number of anilines is 1. The number of pyridine rings is 1. The van der Waals surface area contributed by atoms with E-state index >= 15 is 0 Å². The van der Waals surface area contributed by atoms with E-state index in [-0.39, 0.29) is 0 Å². The highest BCUT2D eigenvalue weighted by atomic mass is 35.5. The van der Waals surface area contributed by atoms with Crippen molar-refractivity contribution in [1.29, 1.82) is 0 Å². The molecule has 0 atom stereocenters. The molecule has 1 N–H and O–H groups in total. The van der Waals surface area contributed by atoms with Gasteiger partial charge in [0.2, 0.25) is 0 Å². The molecule has 25 heavy (non-hydrogen) atoms. The first-order chi connectivity index (χ1) is 12.1. The van der Waals surface area contributed by atoms with E-state index in [0.29, 0.717) is 0 Å². The molecule has 0 bridgehead atoms. The Morgan fingerprint density at radius 2 is 1.84 bits per heavy atom. The van der Waals surface area contributed by atoms with Gasteiger partial charge >= 0.3 is 0 Å². The third-order valence-electron chi connectivity index (χ3n) is 3.91. The minimum atomic E-state index is 0.720. The van der Waals surface area contributed by atoms with Gasteiger partial charge in [0.25, 0.3) is 0 Å². The summed E-state index contributed by atoms with van der Waals surface area (Å²) >= 11 is 6.18. The summed E-state index contributed by atoms with van der Waals surface area (Å²) in [6.07, 6.45) is 4.12. The van der Waals surface area contributed by atoms with E-state index in [2.05, 4.69) is 48.6 Å². The molecule has 4 heteroatoms. The van der Waals surface area contributed by atoms with Crippen molar-refractivity contribution < 1.29 is 0 Å². The Labute approximate surface area is 154 Å². The van der Waals surface area contributed by atoms with Gasteiger partial charge in [-0.25, -0.2) is 4.98 Å². The van der Waals surface area contributed by atoms with Crippen LogP contribution in [0.3, 0.4) is 0 Å². The van der Waals surface area contributed by atoms with E-state index in [4.69, 9.17) is 16.6 Å². The molecule has 1 aromatic heterocycles. The maximum Gasteiger partial charge on any atom is 0.0731 e. The van der Waals surface area contributed by atoms with Crippen LogP contribution in [0.4, 0.5) is 5.69 Å². The molecule has 0 radical (unpaired) electrons. The molecule has 0 unspecified atom stereocenters. The molecule has 0 fully saturated rings. The van der Waals surface area contributed by atoms with Gasteiger partial charge in [-0.05, 0) is 50.0 Å². The Hall–Kier alpha value is -2.36. The van der Waals surface area contributed by atoms with Gasteiger partial charge in [-0.3, -0.25) is 0 Å². The lowest BCUT2D eigenvalue weighted by Crippen LogP contribution is -2.20. The first kappa shape index (κ1) is 17.5. The van der Waals surface area contributed by atoms with Crippen LogP contribution in [0.15, 0.2) is 54.6 Å². The van der Waals surface area contributed by atoms with Crippen molar-refractivity contribution in [1.82, 2.24) is 9.88 Å². The molecule has 0 amide bonds. The fourth-order valence-electron chi connectivity index (χ4n) is 2.61. The minimum Gasteiger partial charge on any atom is -0.383 e. The summed E-state index contributed by atoms with van der Waals surface area (Å²) in [5.74, 6) is 0. The largest absolute Gasteiger partial charge is 0.383 e. The minimum absolute atomic E-state index is 0.720. The van der Waals surface area contributed by atoms with Crippen molar-refractivity contribution in [2.75, 3.05) is 32.5 Å². The molecule has 0 aliphatic heterocycles. The van der Waals surface area contributed by atoms with Crippen LogP contribution < -0.4 is 5.32 Å². The molecular formula is C21H22ClN3. The summed E-state index contributed by atoms with van der Waals surface area (Å²) in [6.45, 7) is 1.82. The van der Waals surface area contributed by atoms with Crippen molar-refractivity contribution in [3.63, 3.8) is 0 Å². The van der Waals surface area contributed by atoms with Crippen molar-refractivity contribution in [2.24, 2.45) is 0 Å². The number of likely N-dealkylation sites (N-methyl/N-ethyl adjacent to an activating group) is 1. The molecule has 2 aromatic carbocycles. The number of fused-ring (bicyclic) bond motifs is 1. The second kappa shape index (κ2) is 8.15. The average Bonchev–Trinajstić information content (AvgIpc) is 2.61. The number of nitrogens with zero attached hydrogens (tertiary/aromatic N) is 2. The topological polar surface area (TPSA) is 28.2 Å². The molecule has 3 rings (SSSR count). The highest BCUT2D eigenvalue weighted by Crippen LogP contribution is 2.27. The Kier molecular flexibility index (Phi) is 5.69. The third kappa shape index (κ3) is 4.81. The van der Waals surface area contributed by atoms with E-state index in [9.17, 15) is 0 Å². The lowest BCUT2D eigenvalue weighted by Gasteiger charge is -2.14. The van der Waals surface area contributed by atoms with Crippen LogP contribution in [-0.2, 0) is 0 Å². The number of rotatable bonds is 6. The van der Waals surface area contributed by atoms with Crippen LogP contribution in [0.2, 0.25) is 5.02 Å². The van der Waals surface area contributed by atoms with Crippen LogP contribution in [0.5, 0.6) is 0 Å². The third-order valence-corrected chi connectivity index (χ3v) is 4.15. The second-order valence-electron chi connectivity index (χ2n) is 6.23. The molecule has 3 aromatic rings. The highest BCUT2D eigenvalue weighted by Gasteiger charge is 2.06. The van der Waals surface area contributed by atoms with Crippen molar-refractivity contribution in [3.8, 4) is 0 Å². The summed E-state index contributed by atoms with van der Waals surface area (Å²) in [5.41, 5.74) is 4.07. The van der Waals surface area contributed by atoms with E-state index in [1.54, 1.807) is 0 Å². The normalized spacial score (nSPS) is 11.5. The summed E-state index contributed by atoms with van der Waals surface area (Å²) < 4.78 is 0. The van der Waals surface area contributed by atoms with Gasteiger partial charge in [0.15, 0.2) is 0 Å². The summed E-state index contributed by atoms with van der Waals surface area (Å²) in [4.78, 5) is 6.89. The Morgan fingerprint density at radius 1 is 1.04 bits per heavy atom. The van der Waals surface area contributed by atoms with Crippen molar-refractivity contribution in [2.45, 2.75) is 0 Å². The van der Waals surface area contributed by atoms with E-state index in [1.165, 1.54) is 0 Å². The number of hydrogen-bond donors (Lipinski definition) is 1. The van der Waals surface area contributed by atoms with Crippen LogP contribution in [0.25, 0.3) is 23.1 Å². The first-order valence-corrected chi connectivity index (χ1v) is 8.72. The molecule has 0 saturated carbocycles. The van der Waals surface area contributed by atoms with Gasteiger partial charge in [-0.1, -0.05) is 48.0 Å². The number of hydrogen-bond acceptors (Lipinski definition) is 3. The Morgan fingerprint density at radius 3 is 2.60 bits per heavy atom. The average molecular weight is 352 g/mol. The smallest absolute Gasteiger partial charge is 0.0731 e. The molecule has 0 saturated heterocycles. The predicted octanol–water partition coefficient (Wildman–Crippen LogP) is 5.03. The number of benzene rings is 2. The van der Waals surface area contributed by atoms with E-state index in [1.807, 2.05) is 42.5 Å². The zero-order valence-corrected chi connectivity index (χ0v) is 15.3. The number of nitrogens with one attached hydrogen (secondary N) is 1. The molecular weight excluding hydrogens is 330 g/mol.